The molecule has 0 atom stereocenters. The second-order valence-electron chi connectivity index (χ2n) is 6.38. The summed E-state index contributed by atoms with van der Waals surface area (Å²) in [6, 6.07) is 13.0. The molecule has 0 saturated heterocycles. The summed E-state index contributed by atoms with van der Waals surface area (Å²) in [6.45, 7) is 10.5. The van der Waals surface area contributed by atoms with Gasteiger partial charge in [0.1, 0.15) is 0 Å². The Kier molecular flexibility index (Phi) is 3.99. The van der Waals surface area contributed by atoms with Gasteiger partial charge in [-0.3, -0.25) is 4.98 Å². The molecule has 116 valence electrons. The minimum Gasteiger partial charge on any atom is -0.252 e. The highest BCUT2D eigenvalue weighted by Crippen LogP contribution is 2.27. The molecule has 2 nitrogen and oxygen atoms in total. The Hall–Kier alpha value is -2.48. The van der Waals surface area contributed by atoms with Crippen molar-refractivity contribution in [2.24, 2.45) is 0 Å². The molecule has 0 saturated carbocycles. The van der Waals surface area contributed by atoms with Crippen LogP contribution in [0.25, 0.3) is 22.5 Å². The van der Waals surface area contributed by atoms with Gasteiger partial charge >= 0.3 is 0 Å². The van der Waals surface area contributed by atoms with Crippen LogP contribution < -0.4 is 0 Å². The van der Waals surface area contributed by atoms with Crippen molar-refractivity contribution in [3.05, 3.63) is 70.5 Å². The molecule has 0 amide bonds. The van der Waals surface area contributed by atoms with Crippen LogP contribution in [0.3, 0.4) is 0 Å². The molecule has 1 heterocycles. The molecular weight excluding hydrogens is 280 g/mol. The molecule has 3 rings (SSSR count). The normalized spacial score (nSPS) is 10.8. The summed E-state index contributed by atoms with van der Waals surface area (Å²) in [7, 11) is 0. The Labute approximate surface area is 138 Å². The van der Waals surface area contributed by atoms with E-state index in [-0.39, 0.29) is 0 Å². The molecule has 0 aliphatic heterocycles. The van der Waals surface area contributed by atoms with Gasteiger partial charge in [0.15, 0.2) is 0 Å². The van der Waals surface area contributed by atoms with Crippen molar-refractivity contribution in [1.29, 1.82) is 0 Å². The number of hydrogen-bond acceptors (Lipinski definition) is 2. The Morgan fingerprint density at radius 3 is 2.09 bits per heavy atom. The van der Waals surface area contributed by atoms with Gasteiger partial charge in [-0.15, -0.1) is 0 Å². The van der Waals surface area contributed by atoms with Crippen LogP contribution in [0.5, 0.6) is 0 Å². The topological polar surface area (TPSA) is 25.8 Å². The van der Waals surface area contributed by atoms with Crippen LogP contribution in [0.15, 0.2) is 42.6 Å². The van der Waals surface area contributed by atoms with Crippen molar-refractivity contribution >= 4 is 0 Å². The average molecular weight is 302 g/mol. The van der Waals surface area contributed by atoms with Gasteiger partial charge in [0.2, 0.25) is 0 Å². The predicted molar refractivity (Wildman–Crippen MR) is 96.6 cm³/mol. The van der Waals surface area contributed by atoms with E-state index < -0.39 is 0 Å². The van der Waals surface area contributed by atoms with Crippen LogP contribution in [0, 0.1) is 34.6 Å². The zero-order valence-electron chi connectivity index (χ0n) is 14.4. The lowest BCUT2D eigenvalue weighted by atomic mass is 10.0. The van der Waals surface area contributed by atoms with E-state index >= 15 is 0 Å². The smallest absolute Gasteiger partial charge is 0.0915 e. The summed E-state index contributed by atoms with van der Waals surface area (Å²) in [5, 5.41) is 0. The third kappa shape index (κ3) is 3.16. The van der Waals surface area contributed by atoms with Crippen LogP contribution >= 0.6 is 0 Å². The maximum Gasteiger partial charge on any atom is 0.0915 e. The van der Waals surface area contributed by atoms with Crippen molar-refractivity contribution in [1.82, 2.24) is 9.97 Å². The molecule has 0 fully saturated rings. The lowest BCUT2D eigenvalue weighted by Crippen LogP contribution is -1.97. The second-order valence-corrected chi connectivity index (χ2v) is 6.38. The zero-order chi connectivity index (χ0) is 16.6. The molecule has 0 aliphatic carbocycles. The lowest BCUT2D eigenvalue weighted by Gasteiger charge is -2.11. The van der Waals surface area contributed by atoms with Crippen LogP contribution in [0.2, 0.25) is 0 Å². The molecule has 0 bridgehead atoms. The standard InChI is InChI=1S/C21H22N2/c1-13-6-7-16(4)19(11-13)20-12-22-21(17(5)23-20)18-9-14(2)8-15(3)10-18/h6-12H,1-5H3. The first-order valence-electron chi connectivity index (χ1n) is 7.94. The van der Waals surface area contributed by atoms with Crippen molar-refractivity contribution in [3.63, 3.8) is 0 Å². The number of nitrogens with zero attached hydrogens (tertiary/aromatic N) is 2. The quantitative estimate of drug-likeness (QED) is 0.637. The molecule has 1 aromatic heterocycles. The van der Waals surface area contributed by atoms with Gasteiger partial charge in [-0.05, 0) is 58.4 Å². The number of benzene rings is 2. The number of aryl methyl sites for hydroxylation is 5. The van der Waals surface area contributed by atoms with Gasteiger partial charge in [0.05, 0.1) is 23.3 Å². The molecule has 0 aliphatic rings. The van der Waals surface area contributed by atoms with E-state index in [1.807, 2.05) is 13.1 Å². The fraction of sp³-hybridized carbons (Fsp3) is 0.238. The van der Waals surface area contributed by atoms with E-state index in [1.165, 1.54) is 22.3 Å². The van der Waals surface area contributed by atoms with Gasteiger partial charge < -0.3 is 0 Å². The summed E-state index contributed by atoms with van der Waals surface area (Å²) in [6.07, 6.45) is 1.89. The molecule has 23 heavy (non-hydrogen) atoms. The number of aromatic nitrogens is 2. The Bertz CT molecular complexity index is 859. The first kappa shape index (κ1) is 15.4. The van der Waals surface area contributed by atoms with Crippen molar-refractivity contribution < 1.29 is 0 Å². The minimum absolute atomic E-state index is 0.942. The fourth-order valence-electron chi connectivity index (χ4n) is 3.02. The van der Waals surface area contributed by atoms with Gasteiger partial charge in [-0.1, -0.05) is 34.9 Å². The summed E-state index contributed by atoms with van der Waals surface area (Å²) >= 11 is 0. The minimum atomic E-state index is 0.942. The van der Waals surface area contributed by atoms with Gasteiger partial charge in [0, 0.05) is 11.1 Å². The Balaban J connectivity index is 2.09. The number of rotatable bonds is 2. The molecule has 0 radical (unpaired) electrons. The lowest BCUT2D eigenvalue weighted by molar-refractivity contribution is 1.12. The molecule has 0 unspecified atom stereocenters. The predicted octanol–water partition coefficient (Wildman–Crippen LogP) is 5.35. The third-order valence-corrected chi connectivity index (χ3v) is 4.11. The van der Waals surface area contributed by atoms with E-state index in [1.54, 1.807) is 0 Å². The van der Waals surface area contributed by atoms with Crippen molar-refractivity contribution in [2.45, 2.75) is 34.6 Å². The first-order chi connectivity index (χ1) is 10.9. The van der Waals surface area contributed by atoms with E-state index in [2.05, 4.69) is 64.1 Å². The third-order valence-electron chi connectivity index (χ3n) is 4.11. The highest BCUT2D eigenvalue weighted by atomic mass is 14.8. The highest BCUT2D eigenvalue weighted by molar-refractivity contribution is 5.68. The maximum absolute atomic E-state index is 4.82. The van der Waals surface area contributed by atoms with E-state index in [0.29, 0.717) is 0 Å². The molecule has 2 aromatic carbocycles. The summed E-state index contributed by atoms with van der Waals surface area (Å²) in [5.74, 6) is 0. The van der Waals surface area contributed by atoms with E-state index in [0.717, 1.165) is 28.2 Å². The average Bonchev–Trinajstić information content (AvgIpc) is 2.48. The van der Waals surface area contributed by atoms with Gasteiger partial charge in [-0.25, -0.2) is 4.98 Å². The van der Waals surface area contributed by atoms with E-state index in [4.69, 9.17) is 9.97 Å². The van der Waals surface area contributed by atoms with Crippen LogP contribution in [0.1, 0.15) is 27.9 Å². The molecule has 3 aromatic rings. The van der Waals surface area contributed by atoms with Gasteiger partial charge in [0.25, 0.3) is 0 Å². The highest BCUT2D eigenvalue weighted by Gasteiger charge is 2.10. The largest absolute Gasteiger partial charge is 0.252 e. The first-order valence-corrected chi connectivity index (χ1v) is 7.94. The van der Waals surface area contributed by atoms with Gasteiger partial charge in [-0.2, -0.15) is 0 Å². The SMILES string of the molecule is Cc1cc(C)cc(-c2ncc(-c3cc(C)ccc3C)nc2C)c1. The zero-order valence-corrected chi connectivity index (χ0v) is 14.4. The molecular formula is C21H22N2. The van der Waals surface area contributed by atoms with Crippen LogP contribution in [-0.2, 0) is 0 Å². The van der Waals surface area contributed by atoms with Crippen LogP contribution in [-0.4, -0.2) is 9.97 Å². The summed E-state index contributed by atoms with van der Waals surface area (Å²) in [5.41, 5.74) is 10.1. The maximum atomic E-state index is 4.82. The van der Waals surface area contributed by atoms with E-state index in [9.17, 15) is 0 Å². The Morgan fingerprint density at radius 2 is 1.43 bits per heavy atom. The number of hydrogen-bond donors (Lipinski definition) is 0. The molecule has 0 N–H and O–H groups in total. The summed E-state index contributed by atoms with van der Waals surface area (Å²) in [4.78, 5) is 9.53. The monoisotopic (exact) mass is 302 g/mol. The molecule has 2 heteroatoms. The van der Waals surface area contributed by atoms with Crippen molar-refractivity contribution in [3.8, 4) is 22.5 Å². The van der Waals surface area contributed by atoms with Crippen molar-refractivity contribution in [2.75, 3.05) is 0 Å². The fourth-order valence-corrected chi connectivity index (χ4v) is 3.02. The second kappa shape index (κ2) is 5.96. The summed E-state index contributed by atoms with van der Waals surface area (Å²) < 4.78 is 0. The molecule has 0 spiro atoms. The van der Waals surface area contributed by atoms with Crippen LogP contribution in [0.4, 0.5) is 0 Å². The Morgan fingerprint density at radius 1 is 0.739 bits per heavy atom.